The van der Waals surface area contributed by atoms with Crippen molar-refractivity contribution >= 4 is 74.6 Å². The molecule has 16 heteroatoms. The lowest BCUT2D eigenvalue weighted by molar-refractivity contribution is -0.496. The van der Waals surface area contributed by atoms with Gasteiger partial charge in [-0.2, -0.15) is 0 Å². The number of aryl methyl sites for hydroxylation is 2. The Hall–Kier alpha value is -7.68. The Balaban J connectivity index is 1.08. The van der Waals surface area contributed by atoms with Gasteiger partial charge in [0, 0.05) is 93.2 Å². The van der Waals surface area contributed by atoms with Crippen molar-refractivity contribution in [3.8, 4) is 50.7 Å². The van der Waals surface area contributed by atoms with Crippen molar-refractivity contribution in [3.05, 3.63) is 144 Å². The highest BCUT2D eigenvalue weighted by molar-refractivity contribution is 6.41. The van der Waals surface area contributed by atoms with E-state index in [0.29, 0.717) is 57.5 Å². The van der Waals surface area contributed by atoms with E-state index in [4.69, 9.17) is 32.0 Å². The van der Waals surface area contributed by atoms with E-state index < -0.39 is 29.3 Å². The number of benzene rings is 6. The molecular formula is C50H41Cl2N4O10+. The van der Waals surface area contributed by atoms with Gasteiger partial charge in [0.25, 0.3) is 11.8 Å². The lowest BCUT2D eigenvalue weighted by atomic mass is 9.88. The summed E-state index contributed by atoms with van der Waals surface area (Å²) in [6, 6.07) is 21.4. The molecule has 0 saturated heterocycles. The second-order valence-electron chi connectivity index (χ2n) is 15.5. The Bertz CT molecular complexity index is 3410. The molecule has 2 aliphatic carbocycles. The summed E-state index contributed by atoms with van der Waals surface area (Å²) in [5.74, 6) is -3.63. The van der Waals surface area contributed by atoms with Gasteiger partial charge >= 0.3 is 11.9 Å². The normalized spacial score (nSPS) is 11.7. The number of aromatic hydroxyl groups is 1. The molecule has 4 aromatic rings. The van der Waals surface area contributed by atoms with Gasteiger partial charge < -0.3 is 40.1 Å². The minimum absolute atomic E-state index is 0.00237. The summed E-state index contributed by atoms with van der Waals surface area (Å²) >= 11 is 13.9. The highest BCUT2D eigenvalue weighted by atomic mass is 35.5. The number of carbonyl (C=O) groups excluding carboxylic acids is 2. The molecule has 2 heterocycles. The highest BCUT2D eigenvalue weighted by Gasteiger charge is 2.30. The van der Waals surface area contributed by atoms with Crippen LogP contribution in [0.3, 0.4) is 0 Å². The summed E-state index contributed by atoms with van der Waals surface area (Å²) < 4.78 is 12.3. The zero-order valence-electron chi connectivity index (χ0n) is 35.9. The Labute approximate surface area is 385 Å². The van der Waals surface area contributed by atoms with E-state index >= 15 is 0 Å². The molecule has 0 radical (unpaired) electrons. The summed E-state index contributed by atoms with van der Waals surface area (Å²) in [5.41, 5.74) is 4.31. The Morgan fingerprint density at radius 1 is 0.667 bits per heavy atom. The van der Waals surface area contributed by atoms with Gasteiger partial charge in [0.2, 0.25) is 5.36 Å². The molecule has 4 aliphatic rings. The average Bonchev–Trinajstić information content (AvgIpc) is 3.27. The first-order valence-corrected chi connectivity index (χ1v) is 21.6. The maximum atomic E-state index is 13.7. The van der Waals surface area contributed by atoms with Crippen LogP contribution in [0.25, 0.3) is 66.8 Å². The molecule has 2 amide bonds. The number of hydrogen-bond acceptors (Lipinski definition) is 9. The molecule has 0 fully saturated rings. The number of anilines is 1. The standard InChI is InChI=1S/C50H40Cl2N4O10/c1-5-53-36-21-40-32(15-23(36)3)43(33-16-24(4)37(54-6-2)22-41(33)66-40)44-35(51)20-34(46(52)45(44)50(63)64)48(60)56-14-13-55-47(59)25-7-10-28(31(17-25)49(61)62)42-29-11-8-26(57)18-38(29)65-39-19-27(58)9-12-30(39)42/h7-12,15-22,53,57H,5-6,13-14H2,1-4H3,(H,55,59)(H,56,60)(H,61,62)(H,63,64)/p+1. The van der Waals surface area contributed by atoms with Crippen LogP contribution in [0.1, 0.15) is 66.4 Å². The van der Waals surface area contributed by atoms with E-state index in [0.717, 1.165) is 22.2 Å². The molecular weight excluding hydrogens is 887 g/mol. The molecule has 0 saturated carbocycles. The smallest absolute Gasteiger partial charge is 0.337 e. The first-order valence-electron chi connectivity index (χ1n) is 20.8. The van der Waals surface area contributed by atoms with Crippen LogP contribution >= 0.6 is 23.2 Å². The fourth-order valence-electron chi connectivity index (χ4n) is 8.25. The average molecular weight is 929 g/mol. The van der Waals surface area contributed by atoms with Crippen LogP contribution in [-0.2, 0) is 0 Å². The van der Waals surface area contributed by atoms with Gasteiger partial charge in [-0.05, 0) is 93.4 Å². The van der Waals surface area contributed by atoms with E-state index in [1.165, 1.54) is 54.6 Å². The third kappa shape index (κ3) is 8.28. The van der Waals surface area contributed by atoms with Crippen LogP contribution in [-0.4, -0.2) is 65.3 Å². The fourth-order valence-corrected chi connectivity index (χ4v) is 8.86. The van der Waals surface area contributed by atoms with Crippen molar-refractivity contribution in [1.82, 2.24) is 10.6 Å². The molecule has 0 atom stereocenters. The quantitative estimate of drug-likeness (QED) is 0.0465. The maximum absolute atomic E-state index is 13.7. The number of carboxylic acids is 2. The summed E-state index contributed by atoms with van der Waals surface area (Å²) in [5, 5.41) is 41.3. The second kappa shape index (κ2) is 18.1. The first-order chi connectivity index (χ1) is 31.6. The van der Waals surface area contributed by atoms with Gasteiger partial charge in [-0.3, -0.25) is 14.4 Å². The fraction of sp³-hybridized carbons (Fsp3) is 0.160. The molecule has 14 nitrogen and oxygen atoms in total. The lowest BCUT2D eigenvalue weighted by Gasteiger charge is -2.21. The van der Waals surface area contributed by atoms with E-state index in [9.17, 15) is 39.3 Å². The number of carbonyl (C=O) groups is 4. The van der Waals surface area contributed by atoms with Crippen molar-refractivity contribution in [1.29, 1.82) is 0 Å². The molecule has 0 aromatic heterocycles. The third-order valence-corrected chi connectivity index (χ3v) is 11.9. The maximum Gasteiger partial charge on any atom is 0.337 e. The molecule has 334 valence electrons. The van der Waals surface area contributed by atoms with E-state index in [-0.39, 0.29) is 73.5 Å². The largest absolute Gasteiger partial charge is 0.508 e. The number of halogens is 2. The Kier molecular flexibility index (Phi) is 12.3. The van der Waals surface area contributed by atoms with Crippen LogP contribution in [0.2, 0.25) is 10.0 Å². The van der Waals surface area contributed by atoms with Crippen LogP contribution in [0, 0.1) is 13.8 Å². The predicted octanol–water partition coefficient (Wildman–Crippen LogP) is 7.70. The summed E-state index contributed by atoms with van der Waals surface area (Å²) in [6.07, 6.45) is 0. The molecule has 8 rings (SSSR count). The Morgan fingerprint density at radius 2 is 1.36 bits per heavy atom. The van der Waals surface area contributed by atoms with E-state index in [2.05, 4.69) is 20.9 Å². The van der Waals surface area contributed by atoms with Crippen molar-refractivity contribution in [2.45, 2.75) is 27.7 Å². The monoisotopic (exact) mass is 927 g/mol. The SMILES string of the molecule is CCNc1cc2oc3cc(=[NH+]CC)c(C)cc-3c(-c3c(Cl)cc(C(=O)NCCNC(=O)c4ccc(-c5c6ccc(=O)cc-6oc6cc(O)ccc56)c(C(=O)O)c4)c(Cl)c3C(=O)O)c2cc1C. The number of nitrogens with one attached hydrogen (secondary N) is 4. The van der Waals surface area contributed by atoms with Crippen LogP contribution in [0.15, 0.2) is 98.6 Å². The van der Waals surface area contributed by atoms with Gasteiger partial charge in [0.1, 0.15) is 35.0 Å². The lowest BCUT2D eigenvalue weighted by Crippen LogP contribution is -2.76. The number of phenols is 1. The zero-order valence-corrected chi connectivity index (χ0v) is 37.4. The van der Waals surface area contributed by atoms with Crippen LogP contribution in [0.4, 0.5) is 5.69 Å². The second-order valence-corrected chi connectivity index (χ2v) is 16.3. The van der Waals surface area contributed by atoms with E-state index in [1.807, 2.05) is 52.0 Å². The van der Waals surface area contributed by atoms with Gasteiger partial charge in [-0.25, -0.2) is 14.6 Å². The minimum atomic E-state index is -1.42. The van der Waals surface area contributed by atoms with Crippen molar-refractivity contribution in [2.24, 2.45) is 0 Å². The number of carboxylic acid groups (broad SMARTS) is 2. The number of hydrogen-bond donors (Lipinski definition) is 7. The molecule has 0 spiro atoms. The van der Waals surface area contributed by atoms with E-state index in [1.54, 1.807) is 6.07 Å². The number of aromatic carboxylic acids is 2. The van der Waals surface area contributed by atoms with Gasteiger partial charge in [-0.15, -0.1) is 0 Å². The molecule has 66 heavy (non-hydrogen) atoms. The molecule has 7 N–H and O–H groups in total. The van der Waals surface area contributed by atoms with Crippen LogP contribution in [0.5, 0.6) is 5.75 Å². The topological polar surface area (TPSA) is 222 Å². The molecule has 0 unspecified atom stereocenters. The van der Waals surface area contributed by atoms with Crippen molar-refractivity contribution in [3.63, 3.8) is 0 Å². The third-order valence-electron chi connectivity index (χ3n) is 11.2. The van der Waals surface area contributed by atoms with Crippen molar-refractivity contribution in [2.75, 3.05) is 31.5 Å². The van der Waals surface area contributed by atoms with Crippen LogP contribution < -0.4 is 31.7 Å². The first kappa shape index (κ1) is 44.9. The van der Waals surface area contributed by atoms with Gasteiger partial charge in [0.15, 0.2) is 5.43 Å². The van der Waals surface area contributed by atoms with Gasteiger partial charge in [0.05, 0.1) is 32.8 Å². The van der Waals surface area contributed by atoms with Crippen molar-refractivity contribution < 1.29 is 48.3 Å². The molecule has 2 aliphatic heterocycles. The summed E-state index contributed by atoms with van der Waals surface area (Å²) in [6.45, 7) is 8.84. The Morgan fingerprint density at radius 3 is 2.06 bits per heavy atom. The number of phenolic OH excluding ortho intramolecular Hbond substituents is 1. The predicted molar refractivity (Wildman–Crippen MR) is 251 cm³/mol. The zero-order chi connectivity index (χ0) is 47.1. The number of fused-ring (bicyclic) bond motifs is 4. The minimum Gasteiger partial charge on any atom is -0.508 e. The summed E-state index contributed by atoms with van der Waals surface area (Å²) in [4.78, 5) is 68.5. The number of amides is 2. The molecule has 0 bridgehead atoms. The molecule has 4 aromatic carbocycles. The highest BCUT2D eigenvalue weighted by Crippen LogP contribution is 2.48. The summed E-state index contributed by atoms with van der Waals surface area (Å²) in [7, 11) is 0. The number of rotatable bonds is 12. The van der Waals surface area contributed by atoms with Gasteiger partial charge in [-0.1, -0.05) is 29.3 Å².